The minimum atomic E-state index is -0.869. The molecule has 5 nitrogen and oxygen atoms in total. The fourth-order valence-electron chi connectivity index (χ4n) is 2.28. The fraction of sp³-hybridized carbons (Fsp3) is 0.176. The average molecular weight is 360 g/mol. The first-order valence-electron chi connectivity index (χ1n) is 7.43. The maximum Gasteiger partial charge on any atom is 0.191 e. The number of hydrogen-bond donors (Lipinski definition) is 0. The molecule has 128 valence electrons. The van der Waals surface area contributed by atoms with Gasteiger partial charge in [-0.1, -0.05) is 11.8 Å². The van der Waals surface area contributed by atoms with Crippen LogP contribution in [0.15, 0.2) is 47.9 Å². The minimum absolute atomic E-state index is 0.143. The molecule has 1 unspecified atom stereocenters. The van der Waals surface area contributed by atoms with Crippen LogP contribution in [0.25, 0.3) is 11.4 Å². The predicted molar refractivity (Wildman–Crippen MR) is 90.2 cm³/mol. The number of hydrogen-bond acceptors (Lipinski definition) is 5. The standard InChI is InChI=1S/C17H14F2N4OS/c1-10(15(24)13-6-5-12(18)8-14(13)19)25-17-22-21-16(23(17)2)11-4-3-7-20-9-11/h3-10H,1-2H3. The van der Waals surface area contributed by atoms with E-state index in [-0.39, 0.29) is 5.56 Å². The monoisotopic (exact) mass is 360 g/mol. The van der Waals surface area contributed by atoms with E-state index in [1.807, 2.05) is 6.07 Å². The molecule has 0 N–H and O–H groups in total. The van der Waals surface area contributed by atoms with Gasteiger partial charge in [-0.2, -0.15) is 0 Å². The molecule has 0 aliphatic carbocycles. The number of benzene rings is 1. The van der Waals surface area contributed by atoms with Gasteiger partial charge in [0, 0.05) is 31.1 Å². The van der Waals surface area contributed by atoms with E-state index in [4.69, 9.17) is 0 Å². The van der Waals surface area contributed by atoms with Crippen molar-refractivity contribution >= 4 is 17.5 Å². The third-order valence-electron chi connectivity index (χ3n) is 3.60. The predicted octanol–water partition coefficient (Wildman–Crippen LogP) is 3.52. The zero-order valence-electron chi connectivity index (χ0n) is 13.5. The molecule has 2 heterocycles. The molecule has 1 atom stereocenters. The van der Waals surface area contributed by atoms with Crippen LogP contribution >= 0.6 is 11.8 Å². The van der Waals surface area contributed by atoms with E-state index in [0.717, 1.165) is 29.5 Å². The molecular weight excluding hydrogens is 346 g/mol. The first kappa shape index (κ1) is 17.2. The van der Waals surface area contributed by atoms with Gasteiger partial charge in [-0.15, -0.1) is 10.2 Å². The molecule has 3 aromatic rings. The van der Waals surface area contributed by atoms with E-state index < -0.39 is 22.7 Å². The summed E-state index contributed by atoms with van der Waals surface area (Å²) in [6.07, 6.45) is 3.33. The van der Waals surface area contributed by atoms with Gasteiger partial charge < -0.3 is 4.57 Å². The van der Waals surface area contributed by atoms with Crippen LogP contribution in [0, 0.1) is 11.6 Å². The maximum atomic E-state index is 13.8. The van der Waals surface area contributed by atoms with Gasteiger partial charge in [0.05, 0.1) is 10.8 Å². The summed E-state index contributed by atoms with van der Waals surface area (Å²) in [6, 6.07) is 6.57. The molecule has 2 aromatic heterocycles. The molecule has 1 aromatic carbocycles. The lowest BCUT2D eigenvalue weighted by Gasteiger charge is -2.10. The van der Waals surface area contributed by atoms with Crippen molar-refractivity contribution in [1.29, 1.82) is 0 Å². The van der Waals surface area contributed by atoms with Gasteiger partial charge in [0.1, 0.15) is 11.6 Å². The quantitative estimate of drug-likeness (QED) is 0.515. The van der Waals surface area contributed by atoms with Gasteiger partial charge in [-0.3, -0.25) is 9.78 Å². The fourth-order valence-corrected chi connectivity index (χ4v) is 3.17. The number of thioether (sulfide) groups is 1. The van der Waals surface area contributed by atoms with Crippen LogP contribution in [0.3, 0.4) is 0 Å². The number of carbonyl (C=O) groups excluding carboxylic acids is 1. The van der Waals surface area contributed by atoms with Gasteiger partial charge in [-0.05, 0) is 31.2 Å². The van der Waals surface area contributed by atoms with Crippen LogP contribution in [-0.2, 0) is 7.05 Å². The van der Waals surface area contributed by atoms with Crippen LogP contribution in [0.4, 0.5) is 8.78 Å². The van der Waals surface area contributed by atoms with Crippen molar-refractivity contribution in [3.05, 3.63) is 59.9 Å². The number of carbonyl (C=O) groups is 1. The normalized spacial score (nSPS) is 12.2. The van der Waals surface area contributed by atoms with Crippen LogP contribution < -0.4 is 0 Å². The lowest BCUT2D eigenvalue weighted by atomic mass is 10.1. The van der Waals surface area contributed by atoms with Crippen molar-refractivity contribution in [1.82, 2.24) is 19.7 Å². The van der Waals surface area contributed by atoms with Gasteiger partial charge in [-0.25, -0.2) is 8.78 Å². The Balaban J connectivity index is 1.80. The SMILES string of the molecule is CC(Sc1nnc(-c2cccnc2)n1C)C(=O)c1ccc(F)cc1F. The number of ketones is 1. The molecule has 3 rings (SSSR count). The Morgan fingerprint density at radius 3 is 2.72 bits per heavy atom. The van der Waals surface area contributed by atoms with E-state index in [1.54, 1.807) is 37.0 Å². The highest BCUT2D eigenvalue weighted by Gasteiger charge is 2.23. The van der Waals surface area contributed by atoms with Crippen molar-refractivity contribution in [2.75, 3.05) is 0 Å². The van der Waals surface area contributed by atoms with Crippen molar-refractivity contribution in [2.45, 2.75) is 17.3 Å². The zero-order valence-corrected chi connectivity index (χ0v) is 14.3. The topological polar surface area (TPSA) is 60.7 Å². The number of rotatable bonds is 5. The molecule has 0 amide bonds. The Labute approximate surface area is 147 Å². The Bertz CT molecular complexity index is 914. The van der Waals surface area contributed by atoms with Gasteiger partial charge in [0.2, 0.25) is 0 Å². The number of Topliss-reactive ketones (excluding diaryl/α,β-unsaturated/α-hetero) is 1. The number of halogens is 2. The molecule has 25 heavy (non-hydrogen) atoms. The van der Waals surface area contributed by atoms with Gasteiger partial charge in [0.25, 0.3) is 0 Å². The second-order valence-electron chi connectivity index (χ2n) is 5.36. The maximum absolute atomic E-state index is 13.8. The lowest BCUT2D eigenvalue weighted by molar-refractivity contribution is 0.0990. The van der Waals surface area contributed by atoms with E-state index in [0.29, 0.717) is 17.0 Å². The molecule has 0 saturated heterocycles. The van der Waals surface area contributed by atoms with Crippen molar-refractivity contribution < 1.29 is 13.6 Å². The highest BCUT2D eigenvalue weighted by Crippen LogP contribution is 2.27. The summed E-state index contributed by atoms with van der Waals surface area (Å²) in [5.74, 6) is -1.41. The molecule has 0 bridgehead atoms. The molecule has 0 fully saturated rings. The van der Waals surface area contributed by atoms with Gasteiger partial charge in [0.15, 0.2) is 16.8 Å². The van der Waals surface area contributed by atoms with Crippen molar-refractivity contribution in [3.63, 3.8) is 0 Å². The van der Waals surface area contributed by atoms with Crippen molar-refractivity contribution in [2.24, 2.45) is 7.05 Å². The number of nitrogens with zero attached hydrogens (tertiary/aromatic N) is 4. The van der Waals surface area contributed by atoms with E-state index in [9.17, 15) is 13.6 Å². The number of aromatic nitrogens is 4. The highest BCUT2D eigenvalue weighted by atomic mass is 32.2. The summed E-state index contributed by atoms with van der Waals surface area (Å²) in [5, 5.41) is 8.11. The van der Waals surface area contributed by atoms with E-state index in [2.05, 4.69) is 15.2 Å². The lowest BCUT2D eigenvalue weighted by Crippen LogP contribution is -2.16. The molecule has 0 aliphatic heterocycles. The summed E-state index contributed by atoms with van der Waals surface area (Å²) in [7, 11) is 1.78. The zero-order chi connectivity index (χ0) is 18.0. The summed E-state index contributed by atoms with van der Waals surface area (Å²) < 4.78 is 28.5. The number of pyridine rings is 1. The van der Waals surface area contributed by atoms with Crippen LogP contribution in [-0.4, -0.2) is 30.8 Å². The first-order chi connectivity index (χ1) is 12.0. The van der Waals surface area contributed by atoms with E-state index >= 15 is 0 Å². The van der Waals surface area contributed by atoms with Crippen LogP contribution in [0.2, 0.25) is 0 Å². The Hall–Kier alpha value is -2.61. The van der Waals surface area contributed by atoms with Crippen LogP contribution in [0.1, 0.15) is 17.3 Å². The largest absolute Gasteiger partial charge is 0.305 e. The summed E-state index contributed by atoms with van der Waals surface area (Å²) in [5.41, 5.74) is 0.656. The summed E-state index contributed by atoms with van der Waals surface area (Å²) in [4.78, 5) is 16.5. The molecule has 0 aliphatic rings. The Kier molecular flexibility index (Phi) is 4.89. The third kappa shape index (κ3) is 3.58. The molecule has 0 spiro atoms. The Morgan fingerprint density at radius 1 is 1.24 bits per heavy atom. The second kappa shape index (κ2) is 7.10. The third-order valence-corrected chi connectivity index (χ3v) is 4.74. The van der Waals surface area contributed by atoms with Crippen LogP contribution in [0.5, 0.6) is 0 Å². The Morgan fingerprint density at radius 2 is 2.04 bits per heavy atom. The highest BCUT2D eigenvalue weighted by molar-refractivity contribution is 8.00. The molecule has 8 heteroatoms. The first-order valence-corrected chi connectivity index (χ1v) is 8.31. The van der Waals surface area contributed by atoms with E-state index in [1.165, 1.54) is 0 Å². The minimum Gasteiger partial charge on any atom is -0.305 e. The smallest absolute Gasteiger partial charge is 0.191 e. The molecular formula is C17H14F2N4OS. The second-order valence-corrected chi connectivity index (χ2v) is 6.66. The molecule has 0 radical (unpaired) electrons. The van der Waals surface area contributed by atoms with Gasteiger partial charge >= 0.3 is 0 Å². The summed E-state index contributed by atoms with van der Waals surface area (Å²) >= 11 is 1.16. The summed E-state index contributed by atoms with van der Waals surface area (Å²) in [6.45, 7) is 1.65. The van der Waals surface area contributed by atoms with Crippen molar-refractivity contribution in [3.8, 4) is 11.4 Å². The average Bonchev–Trinajstić information content (AvgIpc) is 2.96. The molecule has 0 saturated carbocycles.